The Morgan fingerprint density at radius 2 is 2.13 bits per heavy atom. The quantitative estimate of drug-likeness (QED) is 0.551. The van der Waals surface area contributed by atoms with E-state index in [1.54, 1.807) is 0 Å². The van der Waals surface area contributed by atoms with E-state index < -0.39 is 17.3 Å². The molecule has 0 aliphatic carbocycles. The van der Waals surface area contributed by atoms with E-state index >= 15 is 0 Å². The van der Waals surface area contributed by atoms with E-state index in [2.05, 4.69) is 17.2 Å². The van der Waals surface area contributed by atoms with Gasteiger partial charge in [0, 0.05) is 13.2 Å². The molecule has 7 heteroatoms. The summed E-state index contributed by atoms with van der Waals surface area (Å²) in [6.45, 7) is 0. The van der Waals surface area contributed by atoms with Crippen LogP contribution in [-0.2, 0) is 13.2 Å². The van der Waals surface area contributed by atoms with Gasteiger partial charge in [-0.3, -0.25) is 4.79 Å². The number of halogens is 3. The van der Waals surface area contributed by atoms with Crippen LogP contribution in [0.5, 0.6) is 0 Å². The average molecular weight is 234 g/mol. The normalized spacial score (nSPS) is 10.9. The third-order valence-electron chi connectivity index (χ3n) is 1.66. The molecule has 0 aliphatic heterocycles. The number of hydrogen-bond acceptors (Lipinski definition) is 3. The Balaban J connectivity index is 3.49. The molecule has 0 radical (unpaired) electrons. The van der Waals surface area contributed by atoms with Crippen molar-refractivity contribution in [2.75, 3.05) is 0 Å². The van der Waals surface area contributed by atoms with Crippen LogP contribution >= 0.6 is 12.2 Å². The topological polar surface area (TPSA) is 34.4 Å². The van der Waals surface area contributed by atoms with Gasteiger partial charge in [-0.1, -0.05) is 0 Å². The van der Waals surface area contributed by atoms with E-state index in [0.29, 0.717) is 12.3 Å². The van der Waals surface area contributed by atoms with Gasteiger partial charge in [0.15, 0.2) is 0 Å². The van der Waals surface area contributed by atoms with E-state index in [1.165, 1.54) is 7.05 Å². The van der Waals surface area contributed by atoms with Gasteiger partial charge >= 0.3 is 6.18 Å². The maximum atomic E-state index is 12.3. The van der Waals surface area contributed by atoms with E-state index in [4.69, 9.17) is 0 Å². The summed E-state index contributed by atoms with van der Waals surface area (Å²) in [6.07, 6.45) is -3.82. The number of hydrogen-bond donors (Lipinski definition) is 0. The van der Waals surface area contributed by atoms with Gasteiger partial charge in [0.1, 0.15) is 5.69 Å². The maximum absolute atomic E-state index is 12.3. The molecule has 0 amide bonds. The van der Waals surface area contributed by atoms with Gasteiger partial charge in [0.05, 0.1) is 10.7 Å². The molecule has 0 N–H and O–H groups in total. The molecule has 15 heavy (non-hydrogen) atoms. The van der Waals surface area contributed by atoms with Gasteiger partial charge in [-0.15, -0.1) is 0 Å². The van der Waals surface area contributed by atoms with Crippen molar-refractivity contribution in [3.05, 3.63) is 28.2 Å². The monoisotopic (exact) mass is 234 g/mol. The smallest absolute Gasteiger partial charge is 0.316 e. The third-order valence-corrected chi connectivity index (χ3v) is 1.75. The highest BCUT2D eigenvalue weighted by Gasteiger charge is 2.31. The van der Waals surface area contributed by atoms with Crippen LogP contribution in [0.4, 0.5) is 18.9 Å². The summed E-state index contributed by atoms with van der Waals surface area (Å²) >= 11 is 4.23. The molecule has 1 aromatic rings. The van der Waals surface area contributed by atoms with E-state index in [1.807, 2.05) is 5.16 Å². The number of nitrogens with zero attached hydrogens (tertiary/aromatic N) is 2. The molecule has 1 rings (SSSR count). The van der Waals surface area contributed by atoms with Crippen molar-refractivity contribution in [1.82, 2.24) is 4.57 Å². The molecular weight excluding hydrogens is 229 g/mol. The summed E-state index contributed by atoms with van der Waals surface area (Å²) in [5.41, 5.74) is -1.98. The maximum Gasteiger partial charge on any atom is 0.417 e. The highest BCUT2D eigenvalue weighted by atomic mass is 32.1. The Bertz CT molecular complexity index is 486. The molecule has 0 aliphatic rings. The lowest BCUT2D eigenvalue weighted by Crippen LogP contribution is -2.19. The standard InChI is InChI=1S/C8H5F3N2OS/c1-13-3-5(8(9,10)11)2-6(7(13)14)12-4-15/h2-3H,1H3. The molecule has 0 bridgehead atoms. The van der Waals surface area contributed by atoms with Crippen LogP contribution in [0.25, 0.3) is 0 Å². The third kappa shape index (κ3) is 2.51. The first-order valence-corrected chi connectivity index (χ1v) is 4.13. The molecule has 0 saturated heterocycles. The zero-order chi connectivity index (χ0) is 11.6. The van der Waals surface area contributed by atoms with E-state index in [-0.39, 0.29) is 5.69 Å². The molecule has 0 fully saturated rings. The fourth-order valence-electron chi connectivity index (χ4n) is 0.979. The first kappa shape index (κ1) is 11.6. The first-order chi connectivity index (χ1) is 6.86. The number of isothiocyanates is 1. The second-order valence-electron chi connectivity index (χ2n) is 2.73. The highest BCUT2D eigenvalue weighted by Crippen LogP contribution is 2.29. The van der Waals surface area contributed by atoms with Crippen molar-refractivity contribution in [2.45, 2.75) is 6.18 Å². The summed E-state index contributed by atoms with van der Waals surface area (Å²) in [5, 5.41) is 1.86. The first-order valence-electron chi connectivity index (χ1n) is 3.72. The molecule has 0 spiro atoms. The summed E-state index contributed by atoms with van der Waals surface area (Å²) in [5.74, 6) is 0. The second-order valence-corrected chi connectivity index (χ2v) is 2.91. The lowest BCUT2D eigenvalue weighted by atomic mass is 10.2. The van der Waals surface area contributed by atoms with Crippen LogP contribution in [0, 0.1) is 0 Å². The Hall–Kier alpha value is -1.46. The van der Waals surface area contributed by atoms with Crippen LogP contribution < -0.4 is 5.56 Å². The molecular formula is C8H5F3N2OS. The number of aryl methyl sites for hydroxylation is 1. The number of aliphatic imine (C=N–C) groups is 1. The lowest BCUT2D eigenvalue weighted by Gasteiger charge is -2.08. The van der Waals surface area contributed by atoms with Crippen LogP contribution in [0.15, 0.2) is 22.1 Å². The minimum absolute atomic E-state index is 0.373. The van der Waals surface area contributed by atoms with Crippen LogP contribution in [0.2, 0.25) is 0 Å². The molecule has 0 unspecified atom stereocenters. The van der Waals surface area contributed by atoms with Gasteiger partial charge in [-0.25, -0.2) is 0 Å². The number of thiocarbonyl (C=S) groups is 1. The minimum Gasteiger partial charge on any atom is -0.316 e. The van der Waals surface area contributed by atoms with Crippen LogP contribution in [-0.4, -0.2) is 9.73 Å². The van der Waals surface area contributed by atoms with Gasteiger partial charge in [-0.05, 0) is 18.3 Å². The van der Waals surface area contributed by atoms with Gasteiger partial charge in [-0.2, -0.15) is 18.2 Å². The Morgan fingerprint density at radius 1 is 1.53 bits per heavy atom. The predicted molar refractivity (Wildman–Crippen MR) is 51.4 cm³/mol. The van der Waals surface area contributed by atoms with Crippen LogP contribution in [0.3, 0.4) is 0 Å². The van der Waals surface area contributed by atoms with Crippen molar-refractivity contribution < 1.29 is 13.2 Å². The second kappa shape index (κ2) is 3.96. The summed E-state index contributed by atoms with van der Waals surface area (Å²) in [4.78, 5) is 14.5. The summed E-state index contributed by atoms with van der Waals surface area (Å²) in [7, 11) is 1.21. The van der Waals surface area contributed by atoms with Crippen molar-refractivity contribution in [3.8, 4) is 0 Å². The van der Waals surface area contributed by atoms with Crippen molar-refractivity contribution in [3.63, 3.8) is 0 Å². The Labute approximate surface area is 87.9 Å². The average Bonchev–Trinajstić information content (AvgIpc) is 2.11. The van der Waals surface area contributed by atoms with Crippen molar-refractivity contribution in [2.24, 2.45) is 12.0 Å². The molecule has 1 heterocycles. The fraction of sp³-hybridized carbons (Fsp3) is 0.250. The number of aromatic nitrogens is 1. The van der Waals surface area contributed by atoms with Crippen LogP contribution in [0.1, 0.15) is 5.56 Å². The van der Waals surface area contributed by atoms with E-state index in [0.717, 1.165) is 4.57 Å². The predicted octanol–water partition coefficient (Wildman–Crippen LogP) is 2.14. The number of pyridine rings is 1. The summed E-state index contributed by atoms with van der Waals surface area (Å²) < 4.78 is 37.7. The summed E-state index contributed by atoms with van der Waals surface area (Å²) in [6, 6.07) is 0.641. The van der Waals surface area contributed by atoms with Gasteiger partial charge in [0.2, 0.25) is 0 Å². The molecule has 0 saturated carbocycles. The fourth-order valence-corrected chi connectivity index (χ4v) is 1.08. The number of rotatable bonds is 1. The van der Waals surface area contributed by atoms with E-state index in [9.17, 15) is 18.0 Å². The molecule has 80 valence electrons. The van der Waals surface area contributed by atoms with Crippen molar-refractivity contribution >= 4 is 23.1 Å². The molecule has 0 atom stereocenters. The number of alkyl halides is 3. The van der Waals surface area contributed by atoms with Crippen molar-refractivity contribution in [1.29, 1.82) is 0 Å². The zero-order valence-corrected chi connectivity index (χ0v) is 8.32. The molecule has 1 aromatic heterocycles. The minimum atomic E-state index is -4.52. The van der Waals surface area contributed by atoms with Gasteiger partial charge in [0.25, 0.3) is 5.56 Å². The Morgan fingerprint density at radius 3 is 2.60 bits per heavy atom. The SMILES string of the molecule is Cn1cc(C(F)(F)F)cc(N=C=S)c1=O. The van der Waals surface area contributed by atoms with Gasteiger partial charge < -0.3 is 4.57 Å². The molecule has 3 nitrogen and oxygen atoms in total. The largest absolute Gasteiger partial charge is 0.417 e. The lowest BCUT2D eigenvalue weighted by molar-refractivity contribution is -0.138. The molecule has 0 aromatic carbocycles. The zero-order valence-electron chi connectivity index (χ0n) is 7.50. The highest BCUT2D eigenvalue weighted by molar-refractivity contribution is 7.78. The Kier molecular flexibility index (Phi) is 3.06.